The quantitative estimate of drug-likeness (QED) is 0.714. The second-order valence-electron chi connectivity index (χ2n) is 3.99. The first-order chi connectivity index (χ1) is 6.15. The van der Waals surface area contributed by atoms with Crippen LogP contribution >= 0.6 is 0 Å². The lowest BCUT2D eigenvalue weighted by Gasteiger charge is -2.26. The van der Waals surface area contributed by atoms with Gasteiger partial charge in [-0.25, -0.2) is 0 Å². The predicted molar refractivity (Wildman–Crippen MR) is 49.7 cm³/mol. The second-order valence-corrected chi connectivity index (χ2v) is 3.99. The lowest BCUT2D eigenvalue weighted by Crippen LogP contribution is -2.42. The molecule has 0 aromatic carbocycles. The molecule has 0 bridgehead atoms. The third-order valence-corrected chi connectivity index (χ3v) is 2.58. The first kappa shape index (κ1) is 10.0. The molecule has 13 heavy (non-hydrogen) atoms. The van der Waals surface area contributed by atoms with E-state index in [0.717, 1.165) is 19.3 Å². The van der Waals surface area contributed by atoms with E-state index in [2.05, 4.69) is 11.4 Å². The highest BCUT2D eigenvalue weighted by Crippen LogP contribution is 2.26. The number of nitrogens with one attached hydrogen (secondary N) is 1. The molecular weight excluding hydrogens is 164 g/mol. The van der Waals surface area contributed by atoms with Crippen molar-refractivity contribution in [3.63, 3.8) is 0 Å². The number of carbonyl (C=O) groups is 1. The van der Waals surface area contributed by atoms with E-state index in [0.29, 0.717) is 0 Å². The van der Waals surface area contributed by atoms with Crippen molar-refractivity contribution in [1.82, 2.24) is 5.32 Å². The van der Waals surface area contributed by atoms with E-state index in [1.165, 1.54) is 0 Å². The van der Waals surface area contributed by atoms with Crippen LogP contribution in [0.15, 0.2) is 0 Å². The van der Waals surface area contributed by atoms with Crippen molar-refractivity contribution >= 4 is 5.91 Å². The Morgan fingerprint density at radius 3 is 2.46 bits per heavy atom. The zero-order chi connectivity index (χ0) is 9.84. The van der Waals surface area contributed by atoms with Crippen molar-refractivity contribution in [3.05, 3.63) is 0 Å². The molecule has 1 fully saturated rings. The summed E-state index contributed by atoms with van der Waals surface area (Å²) in [6.45, 7) is 3.88. The Bertz CT molecular complexity index is 226. The van der Waals surface area contributed by atoms with Crippen LogP contribution in [0, 0.1) is 23.2 Å². The van der Waals surface area contributed by atoms with Crippen molar-refractivity contribution in [3.8, 4) is 6.07 Å². The average molecular weight is 180 g/mol. The van der Waals surface area contributed by atoms with Gasteiger partial charge in [-0.1, -0.05) is 20.3 Å². The van der Waals surface area contributed by atoms with Crippen LogP contribution in [0.3, 0.4) is 0 Å². The van der Waals surface area contributed by atoms with Gasteiger partial charge in [-0.05, 0) is 18.8 Å². The predicted octanol–water partition coefficient (Wildman–Crippen LogP) is 1.45. The van der Waals surface area contributed by atoms with Crippen LogP contribution in [0.2, 0.25) is 0 Å². The monoisotopic (exact) mass is 180 g/mol. The second kappa shape index (κ2) is 4.27. The maximum Gasteiger partial charge on any atom is 0.224 e. The van der Waals surface area contributed by atoms with Crippen LogP contribution in [-0.4, -0.2) is 11.9 Å². The van der Waals surface area contributed by atoms with Crippen LogP contribution in [0.1, 0.15) is 33.1 Å². The van der Waals surface area contributed by atoms with Crippen LogP contribution in [0.5, 0.6) is 0 Å². The Morgan fingerprint density at radius 1 is 1.54 bits per heavy atom. The summed E-state index contributed by atoms with van der Waals surface area (Å²) >= 11 is 0. The van der Waals surface area contributed by atoms with Crippen molar-refractivity contribution in [2.45, 2.75) is 39.2 Å². The molecule has 0 heterocycles. The Hall–Kier alpha value is -1.04. The average Bonchev–Trinajstić information content (AvgIpc) is 1.96. The molecule has 1 atom stereocenters. The van der Waals surface area contributed by atoms with Crippen LogP contribution < -0.4 is 5.32 Å². The molecule has 0 aliphatic heterocycles. The third-order valence-electron chi connectivity index (χ3n) is 2.58. The molecule has 1 saturated carbocycles. The zero-order valence-electron chi connectivity index (χ0n) is 8.21. The first-order valence-corrected chi connectivity index (χ1v) is 4.85. The van der Waals surface area contributed by atoms with Gasteiger partial charge in [0.25, 0.3) is 0 Å². The molecule has 0 saturated heterocycles. The van der Waals surface area contributed by atoms with E-state index < -0.39 is 0 Å². The molecule has 1 amide bonds. The summed E-state index contributed by atoms with van der Waals surface area (Å²) in [7, 11) is 0. The number of nitriles is 1. The number of hydrogen-bond acceptors (Lipinski definition) is 2. The van der Waals surface area contributed by atoms with Crippen molar-refractivity contribution in [1.29, 1.82) is 5.26 Å². The van der Waals surface area contributed by atoms with Gasteiger partial charge in [0.15, 0.2) is 0 Å². The summed E-state index contributed by atoms with van der Waals surface area (Å²) in [4.78, 5) is 11.4. The highest BCUT2D eigenvalue weighted by atomic mass is 16.2. The molecule has 0 aromatic rings. The summed E-state index contributed by atoms with van der Waals surface area (Å²) in [5.74, 6) is 0.426. The fraction of sp³-hybridized carbons (Fsp3) is 0.800. The third kappa shape index (κ3) is 2.45. The van der Waals surface area contributed by atoms with Crippen molar-refractivity contribution in [2.75, 3.05) is 0 Å². The maximum atomic E-state index is 11.4. The minimum absolute atomic E-state index is 0.0616. The highest BCUT2D eigenvalue weighted by molar-refractivity contribution is 5.80. The molecule has 0 spiro atoms. The SMILES string of the molecule is CC(C)[C@H](C#N)NC(=O)C1CCC1. The summed E-state index contributed by atoms with van der Waals surface area (Å²) in [5.41, 5.74) is 0. The van der Waals surface area contributed by atoms with Crippen LogP contribution in [0.4, 0.5) is 0 Å². The molecular formula is C10H16N2O. The normalized spacial score (nSPS) is 18.9. The van der Waals surface area contributed by atoms with Gasteiger partial charge in [0.1, 0.15) is 6.04 Å². The van der Waals surface area contributed by atoms with Crippen molar-refractivity contribution < 1.29 is 4.79 Å². The highest BCUT2D eigenvalue weighted by Gasteiger charge is 2.27. The molecule has 1 aliphatic rings. The van der Waals surface area contributed by atoms with E-state index in [1.807, 2.05) is 13.8 Å². The Labute approximate surface area is 79.1 Å². The topological polar surface area (TPSA) is 52.9 Å². The molecule has 72 valence electrons. The molecule has 3 nitrogen and oxygen atoms in total. The van der Waals surface area contributed by atoms with Gasteiger partial charge in [0.2, 0.25) is 5.91 Å². The Balaban J connectivity index is 2.37. The Morgan fingerprint density at radius 2 is 2.15 bits per heavy atom. The van der Waals surface area contributed by atoms with Gasteiger partial charge in [-0.15, -0.1) is 0 Å². The Kier molecular flexibility index (Phi) is 3.30. The van der Waals surface area contributed by atoms with Crippen molar-refractivity contribution in [2.24, 2.45) is 11.8 Å². The molecule has 1 rings (SSSR count). The molecule has 0 aromatic heterocycles. The van der Waals surface area contributed by atoms with Gasteiger partial charge in [-0.3, -0.25) is 4.79 Å². The number of nitrogens with zero attached hydrogens (tertiary/aromatic N) is 1. The molecule has 1 N–H and O–H groups in total. The van der Waals surface area contributed by atoms with Gasteiger partial charge >= 0.3 is 0 Å². The van der Waals surface area contributed by atoms with E-state index in [4.69, 9.17) is 5.26 Å². The molecule has 3 heteroatoms. The minimum Gasteiger partial charge on any atom is -0.340 e. The fourth-order valence-electron chi connectivity index (χ4n) is 1.29. The number of amides is 1. The smallest absolute Gasteiger partial charge is 0.224 e. The van der Waals surface area contributed by atoms with Gasteiger partial charge in [-0.2, -0.15) is 5.26 Å². The molecule has 0 radical (unpaired) electrons. The lowest BCUT2D eigenvalue weighted by molar-refractivity contribution is -0.128. The first-order valence-electron chi connectivity index (χ1n) is 4.85. The summed E-state index contributed by atoms with van der Waals surface area (Å²) in [6, 6.07) is 1.78. The summed E-state index contributed by atoms with van der Waals surface area (Å²) in [6.07, 6.45) is 3.13. The fourth-order valence-corrected chi connectivity index (χ4v) is 1.29. The van der Waals surface area contributed by atoms with Gasteiger partial charge < -0.3 is 5.32 Å². The lowest BCUT2D eigenvalue weighted by atomic mass is 9.84. The van der Waals surface area contributed by atoms with E-state index in [9.17, 15) is 4.79 Å². The minimum atomic E-state index is -0.326. The number of hydrogen-bond donors (Lipinski definition) is 1. The summed E-state index contributed by atoms with van der Waals surface area (Å²) in [5, 5.41) is 11.5. The van der Waals surface area contributed by atoms with Crippen LogP contribution in [0.25, 0.3) is 0 Å². The number of carbonyl (C=O) groups excluding carboxylic acids is 1. The van der Waals surface area contributed by atoms with Crippen LogP contribution in [-0.2, 0) is 4.79 Å². The zero-order valence-corrected chi connectivity index (χ0v) is 8.21. The standard InChI is InChI=1S/C10H16N2O/c1-7(2)9(6-11)12-10(13)8-4-3-5-8/h7-9H,3-5H2,1-2H3,(H,12,13)/t9-/m0/s1. The van der Waals surface area contributed by atoms with Gasteiger partial charge in [0.05, 0.1) is 6.07 Å². The largest absolute Gasteiger partial charge is 0.340 e. The molecule has 0 unspecified atom stereocenters. The summed E-state index contributed by atoms with van der Waals surface area (Å²) < 4.78 is 0. The molecule has 1 aliphatic carbocycles. The van der Waals surface area contributed by atoms with E-state index in [-0.39, 0.29) is 23.8 Å². The van der Waals surface area contributed by atoms with Gasteiger partial charge in [0, 0.05) is 5.92 Å². The van der Waals surface area contributed by atoms with E-state index >= 15 is 0 Å². The number of rotatable bonds is 3. The van der Waals surface area contributed by atoms with E-state index in [1.54, 1.807) is 0 Å². The maximum absolute atomic E-state index is 11.4.